The van der Waals surface area contributed by atoms with Crippen LogP contribution in [0.2, 0.25) is 5.02 Å². The summed E-state index contributed by atoms with van der Waals surface area (Å²) < 4.78 is 40.4. The minimum absolute atomic E-state index is 0.0329. The number of halogens is 1. The Balaban J connectivity index is 1.80. The van der Waals surface area contributed by atoms with E-state index in [-0.39, 0.29) is 29.5 Å². The number of carbonyl (C=O) groups excluding carboxylic acids is 2. The molecule has 1 unspecified atom stereocenters. The number of benzene rings is 4. The zero-order chi connectivity index (χ0) is 33.8. The normalized spacial score (nSPS) is 11.7. The number of carbonyl (C=O) groups is 2. The van der Waals surface area contributed by atoms with Gasteiger partial charge in [-0.2, -0.15) is 0 Å². The first-order valence-corrected chi connectivity index (χ1v) is 17.2. The highest BCUT2D eigenvalue weighted by atomic mass is 35.5. The molecular weight excluding hydrogens is 638 g/mol. The average Bonchev–Trinajstić information content (AvgIpc) is 3.08. The van der Waals surface area contributed by atoms with E-state index < -0.39 is 28.5 Å². The van der Waals surface area contributed by atoms with Crippen LogP contribution in [0.15, 0.2) is 108 Å². The van der Waals surface area contributed by atoms with Gasteiger partial charge in [0.1, 0.15) is 24.1 Å². The van der Waals surface area contributed by atoms with E-state index in [1.807, 2.05) is 50.2 Å². The van der Waals surface area contributed by atoms with Crippen molar-refractivity contribution >= 4 is 39.1 Å². The highest BCUT2D eigenvalue weighted by Gasteiger charge is 2.34. The maximum atomic E-state index is 14.6. The van der Waals surface area contributed by atoms with Crippen LogP contribution in [-0.4, -0.2) is 58.0 Å². The molecule has 4 aromatic rings. The van der Waals surface area contributed by atoms with Gasteiger partial charge in [-0.05, 0) is 85.1 Å². The third kappa shape index (κ3) is 9.49. The van der Waals surface area contributed by atoms with Gasteiger partial charge in [0.25, 0.3) is 10.0 Å². The molecule has 4 rings (SSSR count). The lowest BCUT2D eigenvalue weighted by Gasteiger charge is -2.34. The first-order chi connectivity index (χ1) is 22.7. The summed E-state index contributed by atoms with van der Waals surface area (Å²) >= 11 is 6.07. The van der Waals surface area contributed by atoms with E-state index in [4.69, 9.17) is 21.1 Å². The number of amides is 2. The fourth-order valence-corrected chi connectivity index (χ4v) is 6.57. The van der Waals surface area contributed by atoms with Gasteiger partial charge in [0.05, 0.1) is 24.3 Å². The predicted octanol–water partition coefficient (Wildman–Crippen LogP) is 6.11. The fraction of sp³-hybridized carbons (Fsp3) is 0.278. The number of methoxy groups -OCH3 is 1. The van der Waals surface area contributed by atoms with Crippen LogP contribution >= 0.6 is 11.6 Å². The minimum atomic E-state index is -4.26. The van der Waals surface area contributed by atoms with Gasteiger partial charge in [-0.3, -0.25) is 13.9 Å². The molecule has 0 aromatic heterocycles. The van der Waals surface area contributed by atoms with Crippen molar-refractivity contribution < 1.29 is 27.5 Å². The van der Waals surface area contributed by atoms with Crippen LogP contribution in [0.5, 0.6) is 11.5 Å². The molecule has 0 aliphatic carbocycles. The van der Waals surface area contributed by atoms with Crippen LogP contribution in [0, 0.1) is 0 Å². The van der Waals surface area contributed by atoms with E-state index in [2.05, 4.69) is 5.32 Å². The van der Waals surface area contributed by atoms with Gasteiger partial charge in [-0.25, -0.2) is 8.42 Å². The van der Waals surface area contributed by atoms with E-state index in [0.29, 0.717) is 41.7 Å². The Bertz CT molecular complexity index is 1720. The van der Waals surface area contributed by atoms with Crippen LogP contribution in [-0.2, 0) is 32.6 Å². The summed E-state index contributed by atoms with van der Waals surface area (Å²) in [7, 11) is -2.71. The van der Waals surface area contributed by atoms with E-state index in [1.54, 1.807) is 49.6 Å². The maximum absolute atomic E-state index is 14.6. The van der Waals surface area contributed by atoms with Gasteiger partial charge in [-0.1, -0.05) is 61.0 Å². The molecule has 9 nitrogen and oxygen atoms in total. The minimum Gasteiger partial charge on any atom is -0.497 e. The molecule has 1 atom stereocenters. The molecule has 2 amide bonds. The van der Waals surface area contributed by atoms with Gasteiger partial charge in [0.15, 0.2) is 0 Å². The molecule has 1 N–H and O–H groups in total. The monoisotopic (exact) mass is 677 g/mol. The van der Waals surface area contributed by atoms with Crippen LogP contribution in [0.1, 0.15) is 31.4 Å². The van der Waals surface area contributed by atoms with E-state index >= 15 is 0 Å². The molecule has 0 aliphatic rings. The Labute approximate surface area is 282 Å². The van der Waals surface area contributed by atoms with Gasteiger partial charge in [0.2, 0.25) is 11.8 Å². The topological polar surface area (TPSA) is 105 Å². The lowest BCUT2D eigenvalue weighted by atomic mass is 10.0. The third-order valence-corrected chi connectivity index (χ3v) is 9.46. The van der Waals surface area contributed by atoms with Crippen LogP contribution in [0.25, 0.3) is 0 Å². The Morgan fingerprint density at radius 3 is 2.17 bits per heavy atom. The van der Waals surface area contributed by atoms with E-state index in [1.165, 1.54) is 29.2 Å². The Hall–Kier alpha value is -4.54. The van der Waals surface area contributed by atoms with Crippen LogP contribution in [0.3, 0.4) is 0 Å². The molecule has 0 spiro atoms. The van der Waals surface area contributed by atoms with Gasteiger partial charge in [-0.15, -0.1) is 0 Å². The van der Waals surface area contributed by atoms with Crippen molar-refractivity contribution in [2.24, 2.45) is 0 Å². The Morgan fingerprint density at radius 1 is 0.851 bits per heavy atom. The molecule has 0 radical (unpaired) electrons. The number of nitrogens with one attached hydrogen (secondary N) is 1. The van der Waals surface area contributed by atoms with Crippen molar-refractivity contribution in [2.45, 2.75) is 44.2 Å². The lowest BCUT2D eigenvalue weighted by Crippen LogP contribution is -2.53. The number of hydrogen-bond donors (Lipinski definition) is 1. The van der Waals surface area contributed by atoms with Gasteiger partial charge >= 0.3 is 0 Å². The molecule has 11 heteroatoms. The van der Waals surface area contributed by atoms with Crippen LogP contribution in [0.4, 0.5) is 5.69 Å². The first kappa shape index (κ1) is 35.3. The molecule has 248 valence electrons. The molecule has 0 saturated heterocycles. The maximum Gasteiger partial charge on any atom is 0.264 e. The average molecular weight is 678 g/mol. The smallest absolute Gasteiger partial charge is 0.264 e. The SMILES string of the molecule is CCCNC(=O)C(Cc1ccccc1)N(Cc1cccc(OC)c1)C(=O)CN(c1ccc(OCC)cc1)S(=O)(=O)c1ccc(Cl)cc1. The second-order valence-corrected chi connectivity index (χ2v) is 13.1. The van der Waals surface area contributed by atoms with Crippen LogP contribution < -0.4 is 19.1 Å². The first-order valence-electron chi connectivity index (χ1n) is 15.4. The molecule has 0 saturated carbocycles. The van der Waals surface area contributed by atoms with Crippen molar-refractivity contribution in [3.63, 3.8) is 0 Å². The molecule has 0 aliphatic heterocycles. The zero-order valence-electron chi connectivity index (χ0n) is 26.8. The third-order valence-electron chi connectivity index (χ3n) is 7.42. The number of hydrogen-bond acceptors (Lipinski definition) is 6. The zero-order valence-corrected chi connectivity index (χ0v) is 28.3. The Kier molecular flexibility index (Phi) is 12.7. The number of anilines is 1. The predicted molar refractivity (Wildman–Crippen MR) is 184 cm³/mol. The summed E-state index contributed by atoms with van der Waals surface area (Å²) in [4.78, 5) is 29.8. The molecule has 0 bridgehead atoms. The molecule has 0 fully saturated rings. The standard InChI is InChI=1S/C36H40ClN3O6S/c1-4-22-38-36(42)34(24-27-10-7-6-8-11-27)39(25-28-12-9-13-32(23-28)45-3)35(41)26-40(30-16-18-31(19-17-30)46-5-2)47(43,44)33-20-14-29(37)15-21-33/h6-21,23,34H,4-5,22,24-26H2,1-3H3,(H,38,42). The summed E-state index contributed by atoms with van der Waals surface area (Å²) in [6.45, 7) is 4.12. The summed E-state index contributed by atoms with van der Waals surface area (Å²) in [6.07, 6.45) is 0.928. The highest BCUT2D eigenvalue weighted by molar-refractivity contribution is 7.92. The molecule has 0 heterocycles. The van der Waals surface area contributed by atoms with Crippen molar-refractivity contribution in [2.75, 3.05) is 31.1 Å². The van der Waals surface area contributed by atoms with Crippen molar-refractivity contribution in [1.29, 1.82) is 0 Å². The Morgan fingerprint density at radius 2 is 1.53 bits per heavy atom. The summed E-state index contributed by atoms with van der Waals surface area (Å²) in [5, 5.41) is 3.32. The summed E-state index contributed by atoms with van der Waals surface area (Å²) in [5.74, 6) is 0.250. The number of rotatable bonds is 16. The molecular formula is C36H40ClN3O6S. The highest BCUT2D eigenvalue weighted by Crippen LogP contribution is 2.28. The number of nitrogens with zero attached hydrogens (tertiary/aromatic N) is 2. The molecule has 4 aromatic carbocycles. The van der Waals surface area contributed by atoms with Gasteiger partial charge < -0.3 is 19.7 Å². The van der Waals surface area contributed by atoms with E-state index in [9.17, 15) is 18.0 Å². The van der Waals surface area contributed by atoms with Crippen molar-refractivity contribution in [1.82, 2.24) is 10.2 Å². The largest absolute Gasteiger partial charge is 0.497 e. The van der Waals surface area contributed by atoms with Crippen molar-refractivity contribution in [3.05, 3.63) is 119 Å². The fourth-order valence-electron chi connectivity index (χ4n) is 5.03. The second kappa shape index (κ2) is 16.9. The summed E-state index contributed by atoms with van der Waals surface area (Å²) in [6, 6.07) is 27.9. The molecule has 47 heavy (non-hydrogen) atoms. The summed E-state index contributed by atoms with van der Waals surface area (Å²) in [5.41, 5.74) is 1.82. The number of ether oxygens (including phenoxy) is 2. The van der Waals surface area contributed by atoms with Gasteiger partial charge in [0, 0.05) is 24.5 Å². The quantitative estimate of drug-likeness (QED) is 0.154. The number of sulfonamides is 1. The van der Waals surface area contributed by atoms with E-state index in [0.717, 1.165) is 9.87 Å². The van der Waals surface area contributed by atoms with Crippen molar-refractivity contribution in [3.8, 4) is 11.5 Å². The second-order valence-electron chi connectivity index (χ2n) is 10.8. The lowest BCUT2D eigenvalue weighted by molar-refractivity contribution is -0.140.